The van der Waals surface area contributed by atoms with Crippen molar-refractivity contribution >= 4 is 5.97 Å². The molecule has 4 nitrogen and oxygen atoms in total. The first kappa shape index (κ1) is 13.1. The Hall–Kier alpha value is -1.29. The Morgan fingerprint density at radius 1 is 1.56 bits per heavy atom. The molecule has 2 N–H and O–H groups in total. The van der Waals surface area contributed by atoms with Crippen LogP contribution >= 0.6 is 0 Å². The molecule has 1 aliphatic heterocycles. The fourth-order valence-corrected chi connectivity index (χ4v) is 2.79. The van der Waals surface area contributed by atoms with Gasteiger partial charge in [-0.2, -0.15) is 0 Å². The number of aromatic amines is 1. The van der Waals surface area contributed by atoms with Gasteiger partial charge in [-0.05, 0) is 44.5 Å². The van der Waals surface area contributed by atoms with Crippen LogP contribution in [-0.2, 0) is 11.2 Å². The van der Waals surface area contributed by atoms with Gasteiger partial charge in [-0.15, -0.1) is 0 Å². The molecule has 0 radical (unpaired) electrons. The van der Waals surface area contributed by atoms with E-state index in [1.807, 2.05) is 12.3 Å². The summed E-state index contributed by atoms with van der Waals surface area (Å²) in [6, 6.07) is 4.67. The van der Waals surface area contributed by atoms with E-state index >= 15 is 0 Å². The van der Waals surface area contributed by atoms with Gasteiger partial charge in [-0.1, -0.05) is 6.92 Å². The van der Waals surface area contributed by atoms with Gasteiger partial charge in [0.1, 0.15) is 0 Å². The second-order valence-electron chi connectivity index (χ2n) is 5.11. The topological polar surface area (TPSA) is 56.3 Å². The number of carbonyl (C=O) groups is 1. The average molecular weight is 250 g/mol. The third-order valence-electron chi connectivity index (χ3n) is 3.98. The number of carboxylic acid groups (broad SMARTS) is 1. The van der Waals surface area contributed by atoms with E-state index < -0.39 is 5.97 Å². The molecular weight excluding hydrogens is 228 g/mol. The molecule has 0 amide bonds. The Balaban J connectivity index is 1.88. The Morgan fingerprint density at radius 2 is 2.28 bits per heavy atom. The molecule has 2 heterocycles. The lowest BCUT2D eigenvalue weighted by Gasteiger charge is -2.36. The summed E-state index contributed by atoms with van der Waals surface area (Å²) in [6.45, 7) is 4.03. The van der Waals surface area contributed by atoms with E-state index in [0.29, 0.717) is 6.04 Å². The van der Waals surface area contributed by atoms with E-state index in [9.17, 15) is 4.79 Å². The number of aliphatic carboxylic acids is 1. The van der Waals surface area contributed by atoms with Crippen molar-refractivity contribution in [3.63, 3.8) is 0 Å². The van der Waals surface area contributed by atoms with Crippen LogP contribution in [-0.4, -0.2) is 40.1 Å². The van der Waals surface area contributed by atoms with Crippen LogP contribution in [0.2, 0.25) is 0 Å². The van der Waals surface area contributed by atoms with Crippen molar-refractivity contribution in [2.75, 3.05) is 13.1 Å². The zero-order valence-electron chi connectivity index (χ0n) is 10.9. The highest BCUT2D eigenvalue weighted by molar-refractivity contribution is 5.70. The standard InChI is InChI=1S/C14H22N2O2/c1-2-13(10-12-4-3-7-15-12)16-8-5-11(6-9-16)14(17)18/h3-4,7,11,13,15H,2,5-6,8-10H2,1H3,(H,17,18). The minimum absolute atomic E-state index is 0.135. The number of carboxylic acids is 1. The molecule has 1 aromatic heterocycles. The fraction of sp³-hybridized carbons (Fsp3) is 0.643. The van der Waals surface area contributed by atoms with Gasteiger partial charge in [0.05, 0.1) is 5.92 Å². The van der Waals surface area contributed by atoms with Crippen molar-refractivity contribution in [1.29, 1.82) is 0 Å². The molecule has 4 heteroatoms. The van der Waals surface area contributed by atoms with Crippen LogP contribution in [0.5, 0.6) is 0 Å². The van der Waals surface area contributed by atoms with E-state index in [4.69, 9.17) is 5.11 Å². The lowest BCUT2D eigenvalue weighted by Crippen LogP contribution is -2.43. The van der Waals surface area contributed by atoms with Crippen LogP contribution in [0.4, 0.5) is 0 Å². The summed E-state index contributed by atoms with van der Waals surface area (Å²) < 4.78 is 0. The summed E-state index contributed by atoms with van der Waals surface area (Å²) in [5.74, 6) is -0.767. The third kappa shape index (κ3) is 3.13. The number of rotatable bonds is 5. The fourth-order valence-electron chi connectivity index (χ4n) is 2.79. The van der Waals surface area contributed by atoms with Crippen LogP contribution in [0.3, 0.4) is 0 Å². The van der Waals surface area contributed by atoms with Gasteiger partial charge in [0, 0.05) is 24.4 Å². The molecule has 0 bridgehead atoms. The van der Waals surface area contributed by atoms with Gasteiger partial charge in [0.25, 0.3) is 0 Å². The lowest BCUT2D eigenvalue weighted by molar-refractivity contribution is -0.143. The highest BCUT2D eigenvalue weighted by Gasteiger charge is 2.27. The molecule has 2 rings (SSSR count). The molecule has 1 saturated heterocycles. The summed E-state index contributed by atoms with van der Waals surface area (Å²) in [4.78, 5) is 16.6. The molecule has 18 heavy (non-hydrogen) atoms. The zero-order chi connectivity index (χ0) is 13.0. The summed E-state index contributed by atoms with van der Waals surface area (Å²) in [5, 5.41) is 9.00. The molecule has 1 fully saturated rings. The molecule has 0 aliphatic carbocycles. The van der Waals surface area contributed by atoms with Gasteiger partial charge in [0.2, 0.25) is 0 Å². The number of hydrogen-bond acceptors (Lipinski definition) is 2. The van der Waals surface area contributed by atoms with Crippen molar-refractivity contribution < 1.29 is 9.90 Å². The number of H-pyrrole nitrogens is 1. The average Bonchev–Trinajstić information content (AvgIpc) is 2.89. The van der Waals surface area contributed by atoms with E-state index in [1.165, 1.54) is 5.69 Å². The van der Waals surface area contributed by atoms with Gasteiger partial charge in [0.15, 0.2) is 0 Å². The normalized spacial score (nSPS) is 19.8. The maximum Gasteiger partial charge on any atom is 0.306 e. The number of piperidine rings is 1. The van der Waals surface area contributed by atoms with Gasteiger partial charge < -0.3 is 10.1 Å². The van der Waals surface area contributed by atoms with Crippen LogP contribution < -0.4 is 0 Å². The number of likely N-dealkylation sites (tertiary alicyclic amines) is 1. The highest BCUT2D eigenvalue weighted by Crippen LogP contribution is 2.21. The maximum atomic E-state index is 10.9. The first-order chi connectivity index (χ1) is 8.70. The largest absolute Gasteiger partial charge is 0.481 e. The Kier molecular flexibility index (Phi) is 4.42. The van der Waals surface area contributed by atoms with Crippen molar-refractivity contribution in [1.82, 2.24) is 9.88 Å². The zero-order valence-corrected chi connectivity index (χ0v) is 10.9. The van der Waals surface area contributed by atoms with Gasteiger partial charge >= 0.3 is 5.97 Å². The van der Waals surface area contributed by atoms with Gasteiger partial charge in [-0.25, -0.2) is 0 Å². The molecule has 1 aromatic rings. The predicted molar refractivity (Wildman–Crippen MR) is 70.5 cm³/mol. The van der Waals surface area contributed by atoms with Crippen LogP contribution in [0.1, 0.15) is 31.9 Å². The monoisotopic (exact) mass is 250 g/mol. The molecule has 1 atom stereocenters. The quantitative estimate of drug-likeness (QED) is 0.841. The van der Waals surface area contributed by atoms with E-state index in [-0.39, 0.29) is 5.92 Å². The molecule has 1 aliphatic rings. The van der Waals surface area contributed by atoms with E-state index in [2.05, 4.69) is 22.9 Å². The molecule has 0 saturated carbocycles. The number of hydrogen-bond donors (Lipinski definition) is 2. The van der Waals surface area contributed by atoms with Crippen LogP contribution in [0, 0.1) is 5.92 Å². The molecule has 100 valence electrons. The molecule has 0 aromatic carbocycles. The first-order valence-corrected chi connectivity index (χ1v) is 6.79. The molecule has 0 spiro atoms. The van der Waals surface area contributed by atoms with Crippen LogP contribution in [0.25, 0.3) is 0 Å². The summed E-state index contributed by atoms with van der Waals surface area (Å²) in [5.41, 5.74) is 1.27. The maximum absolute atomic E-state index is 10.9. The smallest absolute Gasteiger partial charge is 0.306 e. The number of nitrogens with one attached hydrogen (secondary N) is 1. The predicted octanol–water partition coefficient (Wildman–Crippen LogP) is 2.13. The van der Waals surface area contributed by atoms with Crippen molar-refractivity contribution in [2.45, 2.75) is 38.6 Å². The lowest BCUT2D eigenvalue weighted by atomic mass is 9.94. The summed E-state index contributed by atoms with van der Waals surface area (Å²) in [6.07, 6.45) is 5.67. The van der Waals surface area contributed by atoms with E-state index in [1.54, 1.807) is 0 Å². The van der Waals surface area contributed by atoms with Crippen molar-refractivity contribution in [3.8, 4) is 0 Å². The SMILES string of the molecule is CCC(Cc1ccc[nH]1)N1CCC(C(=O)O)CC1. The van der Waals surface area contributed by atoms with Gasteiger partial charge in [-0.3, -0.25) is 9.69 Å². The summed E-state index contributed by atoms with van der Waals surface area (Å²) in [7, 11) is 0. The second kappa shape index (κ2) is 6.05. The number of nitrogens with zero attached hydrogens (tertiary/aromatic N) is 1. The highest BCUT2D eigenvalue weighted by atomic mass is 16.4. The first-order valence-electron chi connectivity index (χ1n) is 6.79. The molecule has 1 unspecified atom stereocenters. The Bertz CT molecular complexity index is 367. The van der Waals surface area contributed by atoms with E-state index in [0.717, 1.165) is 38.8 Å². The molecular formula is C14H22N2O2. The second-order valence-corrected chi connectivity index (χ2v) is 5.11. The Labute approximate surface area is 108 Å². The van der Waals surface area contributed by atoms with Crippen LogP contribution in [0.15, 0.2) is 18.3 Å². The Morgan fingerprint density at radius 3 is 2.78 bits per heavy atom. The third-order valence-corrected chi connectivity index (χ3v) is 3.98. The minimum atomic E-state index is -0.632. The number of aromatic nitrogens is 1. The minimum Gasteiger partial charge on any atom is -0.481 e. The van der Waals surface area contributed by atoms with Crippen molar-refractivity contribution in [2.24, 2.45) is 5.92 Å². The van der Waals surface area contributed by atoms with Crippen molar-refractivity contribution in [3.05, 3.63) is 24.0 Å². The summed E-state index contributed by atoms with van der Waals surface area (Å²) >= 11 is 0.